The van der Waals surface area contributed by atoms with E-state index in [0.29, 0.717) is 28.3 Å². The second kappa shape index (κ2) is 7.25. The van der Waals surface area contributed by atoms with Crippen molar-refractivity contribution in [1.29, 1.82) is 0 Å². The highest BCUT2D eigenvalue weighted by Gasteiger charge is 2.42. The number of benzene rings is 2. The average molecular weight is 393 g/mol. The van der Waals surface area contributed by atoms with Crippen molar-refractivity contribution in [3.63, 3.8) is 0 Å². The van der Waals surface area contributed by atoms with E-state index in [1.54, 1.807) is 18.1 Å². The molecule has 2 aromatic carbocycles. The summed E-state index contributed by atoms with van der Waals surface area (Å²) < 4.78 is 5.36. The largest absolute Gasteiger partial charge is 0.507 e. The number of ether oxygens (including phenoxy) is 1. The molecule has 7 heteroatoms. The van der Waals surface area contributed by atoms with Crippen molar-refractivity contribution in [2.24, 2.45) is 0 Å². The number of phenols is 1. The number of hydrogen-bond acceptors (Lipinski definition) is 5. The van der Waals surface area contributed by atoms with Crippen LogP contribution in [0.15, 0.2) is 36.4 Å². The van der Waals surface area contributed by atoms with E-state index in [9.17, 15) is 15.0 Å². The van der Waals surface area contributed by atoms with Crippen LogP contribution in [-0.2, 0) is 0 Å². The van der Waals surface area contributed by atoms with Gasteiger partial charge in [0.05, 0.1) is 19.8 Å². The molecule has 0 saturated carbocycles. The van der Waals surface area contributed by atoms with E-state index in [4.69, 9.17) is 4.74 Å². The van der Waals surface area contributed by atoms with Crippen LogP contribution in [0.25, 0.3) is 11.3 Å². The number of aryl methyl sites for hydroxylation is 2. The number of aromatic nitrogens is 2. The first-order valence-corrected chi connectivity index (χ1v) is 9.40. The SMILES string of the molecule is COc1cccc([C@@H]2c3c(-c4c(C)cc(C)cc4O)n[nH]c3C(=O)N2CCO)c1. The molecule has 3 aromatic rings. The van der Waals surface area contributed by atoms with Crippen LogP contribution >= 0.6 is 0 Å². The van der Waals surface area contributed by atoms with E-state index in [0.717, 1.165) is 16.7 Å². The molecule has 1 aliphatic heterocycles. The smallest absolute Gasteiger partial charge is 0.273 e. The number of nitrogens with one attached hydrogen (secondary N) is 1. The number of H-pyrrole nitrogens is 1. The van der Waals surface area contributed by atoms with Crippen molar-refractivity contribution in [3.8, 4) is 22.8 Å². The fraction of sp³-hybridized carbons (Fsp3) is 0.273. The Morgan fingerprint density at radius 2 is 2.03 bits per heavy atom. The predicted octanol–water partition coefficient (Wildman–Crippen LogP) is 2.95. The minimum absolute atomic E-state index is 0.120. The summed E-state index contributed by atoms with van der Waals surface area (Å²) in [6.07, 6.45) is 0. The van der Waals surface area contributed by atoms with Crippen LogP contribution in [0, 0.1) is 13.8 Å². The third kappa shape index (κ3) is 3.03. The molecule has 1 amide bonds. The maximum atomic E-state index is 13.0. The molecule has 1 aromatic heterocycles. The molecule has 3 N–H and O–H groups in total. The Hall–Kier alpha value is -3.32. The number of nitrogens with zero attached hydrogens (tertiary/aromatic N) is 2. The van der Waals surface area contributed by atoms with Crippen molar-refractivity contribution < 1.29 is 19.7 Å². The summed E-state index contributed by atoms with van der Waals surface area (Å²) in [5, 5.41) is 27.4. The van der Waals surface area contributed by atoms with Crippen LogP contribution in [-0.4, -0.2) is 51.5 Å². The summed E-state index contributed by atoms with van der Waals surface area (Å²) in [6.45, 7) is 3.85. The van der Waals surface area contributed by atoms with E-state index in [1.807, 2.05) is 44.2 Å². The number of hydrogen-bond donors (Lipinski definition) is 3. The van der Waals surface area contributed by atoms with E-state index in [-0.39, 0.29) is 24.8 Å². The maximum absolute atomic E-state index is 13.0. The Morgan fingerprint density at radius 1 is 1.24 bits per heavy atom. The Kier molecular flexibility index (Phi) is 4.76. The molecule has 1 atom stereocenters. The first-order valence-electron chi connectivity index (χ1n) is 9.40. The summed E-state index contributed by atoms with van der Waals surface area (Å²) in [5.74, 6) is 0.561. The summed E-state index contributed by atoms with van der Waals surface area (Å²) in [7, 11) is 1.59. The molecule has 150 valence electrons. The Bertz CT molecular complexity index is 1070. The quantitative estimate of drug-likeness (QED) is 0.619. The minimum atomic E-state index is -0.450. The highest BCUT2D eigenvalue weighted by atomic mass is 16.5. The van der Waals surface area contributed by atoms with Crippen LogP contribution in [0.2, 0.25) is 0 Å². The van der Waals surface area contributed by atoms with Crippen LogP contribution < -0.4 is 4.74 Å². The monoisotopic (exact) mass is 393 g/mol. The molecule has 0 saturated heterocycles. The van der Waals surface area contributed by atoms with Crippen LogP contribution in [0.1, 0.15) is 38.8 Å². The fourth-order valence-electron chi connectivity index (χ4n) is 4.14. The van der Waals surface area contributed by atoms with Crippen LogP contribution in [0.5, 0.6) is 11.5 Å². The van der Waals surface area contributed by atoms with Crippen molar-refractivity contribution in [3.05, 3.63) is 64.3 Å². The number of aliphatic hydroxyl groups excluding tert-OH is 1. The lowest BCUT2D eigenvalue weighted by molar-refractivity contribution is 0.0706. The van der Waals surface area contributed by atoms with Gasteiger partial charge in [0.25, 0.3) is 5.91 Å². The molecule has 0 fully saturated rings. The predicted molar refractivity (Wildman–Crippen MR) is 108 cm³/mol. The van der Waals surface area contributed by atoms with Gasteiger partial charge in [-0.05, 0) is 48.7 Å². The first kappa shape index (κ1) is 19.0. The Morgan fingerprint density at radius 3 is 2.72 bits per heavy atom. The number of carbonyl (C=O) groups excluding carboxylic acids is 1. The molecule has 0 bridgehead atoms. The van der Waals surface area contributed by atoms with Crippen molar-refractivity contribution in [1.82, 2.24) is 15.1 Å². The second-order valence-electron chi connectivity index (χ2n) is 7.24. The Balaban J connectivity index is 1.94. The highest BCUT2D eigenvalue weighted by Crippen LogP contribution is 2.45. The lowest BCUT2D eigenvalue weighted by Gasteiger charge is -2.26. The normalized spacial score (nSPS) is 15.7. The molecule has 4 rings (SSSR count). The zero-order valence-electron chi connectivity index (χ0n) is 16.6. The number of rotatable bonds is 5. The number of aromatic amines is 1. The summed E-state index contributed by atoms with van der Waals surface area (Å²) in [6, 6.07) is 10.7. The summed E-state index contributed by atoms with van der Waals surface area (Å²) in [5.41, 5.74) is 4.86. The molecule has 0 radical (unpaired) electrons. The molecular weight excluding hydrogens is 370 g/mol. The number of β-amino-alcohol motifs (C(OH)–C–C–N with tert-alkyl or cyclic N) is 1. The number of phenolic OH excluding ortho intramolecular Hbond substituents is 1. The van der Waals surface area contributed by atoms with Gasteiger partial charge < -0.3 is 19.8 Å². The van der Waals surface area contributed by atoms with Gasteiger partial charge in [-0.2, -0.15) is 5.10 Å². The van der Waals surface area contributed by atoms with E-state index >= 15 is 0 Å². The van der Waals surface area contributed by atoms with Crippen molar-refractivity contribution in [2.75, 3.05) is 20.3 Å². The number of fused-ring (bicyclic) bond motifs is 1. The molecule has 7 nitrogen and oxygen atoms in total. The van der Waals surface area contributed by atoms with E-state index in [2.05, 4.69) is 10.2 Å². The van der Waals surface area contributed by atoms with Crippen LogP contribution in [0.4, 0.5) is 0 Å². The Labute approximate surface area is 168 Å². The van der Waals surface area contributed by atoms with E-state index < -0.39 is 6.04 Å². The first-order chi connectivity index (χ1) is 14.0. The van der Waals surface area contributed by atoms with E-state index in [1.165, 1.54) is 0 Å². The molecule has 29 heavy (non-hydrogen) atoms. The molecule has 0 unspecified atom stereocenters. The third-order valence-corrected chi connectivity index (χ3v) is 5.31. The minimum Gasteiger partial charge on any atom is -0.507 e. The number of methoxy groups -OCH3 is 1. The highest BCUT2D eigenvalue weighted by molar-refractivity contribution is 6.00. The topological polar surface area (TPSA) is 98.7 Å². The zero-order valence-corrected chi connectivity index (χ0v) is 16.6. The summed E-state index contributed by atoms with van der Waals surface area (Å²) >= 11 is 0. The van der Waals surface area contributed by atoms with Gasteiger partial charge in [-0.25, -0.2) is 0 Å². The second-order valence-corrected chi connectivity index (χ2v) is 7.24. The van der Waals surface area contributed by atoms with Crippen LogP contribution in [0.3, 0.4) is 0 Å². The standard InChI is InChI=1S/C22H23N3O4/c1-12-9-13(2)17(16(27)10-12)19-18-20(24-23-19)22(28)25(7-8-26)21(18)14-5-4-6-15(11-14)29-3/h4-6,9-11,21,26-27H,7-8H2,1-3H3,(H,23,24)/t21-/m1/s1. The van der Waals surface area contributed by atoms with Crippen molar-refractivity contribution >= 4 is 5.91 Å². The maximum Gasteiger partial charge on any atom is 0.273 e. The third-order valence-electron chi connectivity index (χ3n) is 5.31. The van der Waals surface area contributed by atoms with Gasteiger partial charge in [0.1, 0.15) is 22.9 Å². The van der Waals surface area contributed by atoms with Gasteiger partial charge in [-0.1, -0.05) is 18.2 Å². The molecule has 0 spiro atoms. The number of aliphatic hydroxyl groups is 1. The van der Waals surface area contributed by atoms with Gasteiger partial charge in [-0.15, -0.1) is 0 Å². The molecular formula is C22H23N3O4. The molecule has 2 heterocycles. The number of carbonyl (C=O) groups is 1. The molecule has 1 aliphatic rings. The van der Waals surface area contributed by atoms with Gasteiger partial charge >= 0.3 is 0 Å². The lowest BCUT2D eigenvalue weighted by Crippen LogP contribution is -2.32. The average Bonchev–Trinajstić information content (AvgIpc) is 3.21. The zero-order chi connectivity index (χ0) is 20.7. The number of amides is 1. The van der Waals surface area contributed by atoms with Gasteiger partial charge in [0, 0.05) is 17.7 Å². The number of aromatic hydroxyl groups is 1. The van der Waals surface area contributed by atoms with Crippen molar-refractivity contribution in [2.45, 2.75) is 19.9 Å². The summed E-state index contributed by atoms with van der Waals surface area (Å²) in [4.78, 5) is 14.7. The fourth-order valence-corrected chi connectivity index (χ4v) is 4.14. The van der Waals surface area contributed by atoms with Gasteiger partial charge in [0.2, 0.25) is 0 Å². The molecule has 0 aliphatic carbocycles. The van der Waals surface area contributed by atoms with Gasteiger partial charge in [-0.3, -0.25) is 9.89 Å². The van der Waals surface area contributed by atoms with Gasteiger partial charge in [0.15, 0.2) is 0 Å². The lowest BCUT2D eigenvalue weighted by atomic mass is 9.93.